The number of carbonyl (C=O) groups is 1. The Hall–Kier alpha value is -1.12. The number of hydrogen-bond donors (Lipinski definition) is 0. The van der Waals surface area contributed by atoms with E-state index in [-0.39, 0.29) is 5.92 Å². The second kappa shape index (κ2) is 5.83. The number of ketones is 1. The standard InChI is InChI=1S/C13H22N2O/c1-5-11-9-12(15(6-2)14-11)7-8-13(16)10(3)4/h9-10H,5-8H2,1-4H3. The summed E-state index contributed by atoms with van der Waals surface area (Å²) in [5.74, 6) is 0.477. The van der Waals surface area contributed by atoms with Crippen molar-refractivity contribution in [3.63, 3.8) is 0 Å². The van der Waals surface area contributed by atoms with E-state index >= 15 is 0 Å². The molecule has 0 aromatic carbocycles. The van der Waals surface area contributed by atoms with Gasteiger partial charge in [0.2, 0.25) is 0 Å². The minimum Gasteiger partial charge on any atom is -0.299 e. The van der Waals surface area contributed by atoms with Gasteiger partial charge in [0.05, 0.1) is 5.69 Å². The SMILES string of the molecule is CCc1cc(CCC(=O)C(C)C)n(CC)n1. The molecule has 0 fully saturated rings. The van der Waals surface area contributed by atoms with E-state index in [0.717, 1.165) is 25.1 Å². The summed E-state index contributed by atoms with van der Waals surface area (Å²) in [4.78, 5) is 11.6. The minimum atomic E-state index is 0.142. The van der Waals surface area contributed by atoms with Crippen LogP contribution >= 0.6 is 0 Å². The molecule has 0 spiro atoms. The lowest BCUT2D eigenvalue weighted by molar-refractivity contribution is -0.121. The summed E-state index contributed by atoms with van der Waals surface area (Å²) in [7, 11) is 0. The van der Waals surface area contributed by atoms with E-state index < -0.39 is 0 Å². The molecule has 1 aromatic heterocycles. The lowest BCUT2D eigenvalue weighted by Crippen LogP contribution is -2.10. The fourth-order valence-electron chi connectivity index (χ4n) is 1.70. The molecule has 0 saturated heterocycles. The maximum atomic E-state index is 11.6. The molecule has 0 saturated carbocycles. The van der Waals surface area contributed by atoms with Crippen LogP contribution in [-0.4, -0.2) is 15.6 Å². The first-order valence-electron chi connectivity index (χ1n) is 6.16. The van der Waals surface area contributed by atoms with Crippen LogP contribution in [0.3, 0.4) is 0 Å². The van der Waals surface area contributed by atoms with Gasteiger partial charge in [-0.2, -0.15) is 5.10 Å². The smallest absolute Gasteiger partial charge is 0.135 e. The van der Waals surface area contributed by atoms with Gasteiger partial charge in [-0.1, -0.05) is 20.8 Å². The zero-order chi connectivity index (χ0) is 12.1. The highest BCUT2D eigenvalue weighted by Crippen LogP contribution is 2.10. The normalized spacial score (nSPS) is 11.1. The first kappa shape index (κ1) is 12.9. The Labute approximate surface area is 97.8 Å². The van der Waals surface area contributed by atoms with Crippen LogP contribution in [0.4, 0.5) is 0 Å². The number of nitrogens with zero attached hydrogens (tertiary/aromatic N) is 2. The number of rotatable bonds is 6. The molecule has 1 heterocycles. The molecule has 0 radical (unpaired) electrons. The van der Waals surface area contributed by atoms with Crippen molar-refractivity contribution >= 4 is 5.78 Å². The monoisotopic (exact) mass is 222 g/mol. The Morgan fingerprint density at radius 2 is 2.12 bits per heavy atom. The van der Waals surface area contributed by atoms with E-state index in [2.05, 4.69) is 25.0 Å². The molecule has 0 atom stereocenters. The topological polar surface area (TPSA) is 34.9 Å². The maximum absolute atomic E-state index is 11.6. The first-order valence-corrected chi connectivity index (χ1v) is 6.16. The molecular formula is C13H22N2O. The van der Waals surface area contributed by atoms with Crippen LogP contribution in [0, 0.1) is 5.92 Å². The van der Waals surface area contributed by atoms with Gasteiger partial charge in [0.25, 0.3) is 0 Å². The molecule has 16 heavy (non-hydrogen) atoms. The fraction of sp³-hybridized carbons (Fsp3) is 0.692. The number of aryl methyl sites for hydroxylation is 3. The molecule has 0 bridgehead atoms. The predicted molar refractivity (Wildman–Crippen MR) is 65.4 cm³/mol. The van der Waals surface area contributed by atoms with Crippen molar-refractivity contribution in [3.05, 3.63) is 17.5 Å². The van der Waals surface area contributed by atoms with Crippen LogP contribution in [0.1, 0.15) is 45.5 Å². The van der Waals surface area contributed by atoms with Gasteiger partial charge in [0.15, 0.2) is 0 Å². The van der Waals surface area contributed by atoms with Gasteiger partial charge in [-0.3, -0.25) is 9.48 Å². The lowest BCUT2D eigenvalue weighted by Gasteiger charge is -2.05. The second-order valence-electron chi connectivity index (χ2n) is 4.42. The number of carbonyl (C=O) groups excluding carboxylic acids is 1. The summed E-state index contributed by atoms with van der Waals surface area (Å²) in [6.07, 6.45) is 2.41. The van der Waals surface area contributed by atoms with Gasteiger partial charge in [-0.25, -0.2) is 0 Å². The van der Waals surface area contributed by atoms with Gasteiger partial charge >= 0.3 is 0 Å². The summed E-state index contributed by atoms with van der Waals surface area (Å²) in [5, 5.41) is 4.48. The third kappa shape index (κ3) is 3.19. The molecule has 1 aromatic rings. The summed E-state index contributed by atoms with van der Waals surface area (Å²) < 4.78 is 2.01. The lowest BCUT2D eigenvalue weighted by atomic mass is 10.0. The van der Waals surface area contributed by atoms with Crippen LogP contribution in [0.5, 0.6) is 0 Å². The number of hydrogen-bond acceptors (Lipinski definition) is 2. The zero-order valence-electron chi connectivity index (χ0n) is 10.8. The van der Waals surface area contributed by atoms with E-state index in [4.69, 9.17) is 0 Å². The molecule has 90 valence electrons. The third-order valence-electron chi connectivity index (χ3n) is 2.85. The van der Waals surface area contributed by atoms with Crippen LogP contribution in [0.15, 0.2) is 6.07 Å². The van der Waals surface area contributed by atoms with E-state index in [0.29, 0.717) is 12.2 Å². The molecular weight excluding hydrogens is 200 g/mol. The average molecular weight is 222 g/mol. The molecule has 0 unspecified atom stereocenters. The van der Waals surface area contributed by atoms with Gasteiger partial charge in [0, 0.05) is 24.6 Å². The zero-order valence-corrected chi connectivity index (χ0v) is 10.8. The van der Waals surface area contributed by atoms with Gasteiger partial charge in [-0.15, -0.1) is 0 Å². The van der Waals surface area contributed by atoms with Crippen molar-refractivity contribution in [1.29, 1.82) is 0 Å². The molecule has 0 N–H and O–H groups in total. The second-order valence-corrected chi connectivity index (χ2v) is 4.42. The maximum Gasteiger partial charge on any atom is 0.135 e. The Balaban J connectivity index is 2.65. The highest BCUT2D eigenvalue weighted by molar-refractivity contribution is 5.80. The third-order valence-corrected chi connectivity index (χ3v) is 2.85. The summed E-state index contributed by atoms with van der Waals surface area (Å²) >= 11 is 0. The fourth-order valence-corrected chi connectivity index (χ4v) is 1.70. The van der Waals surface area contributed by atoms with Crippen molar-refractivity contribution in [2.45, 2.75) is 53.5 Å². The van der Waals surface area contributed by atoms with Crippen molar-refractivity contribution in [1.82, 2.24) is 9.78 Å². The molecule has 0 aliphatic rings. The highest BCUT2D eigenvalue weighted by Gasteiger charge is 2.10. The summed E-state index contributed by atoms with van der Waals surface area (Å²) in [6, 6.07) is 2.12. The van der Waals surface area contributed by atoms with Gasteiger partial charge < -0.3 is 0 Å². The first-order chi connectivity index (χ1) is 7.58. The van der Waals surface area contributed by atoms with E-state index in [1.54, 1.807) is 0 Å². The number of Topliss-reactive ketones (excluding diaryl/α,β-unsaturated/α-hetero) is 1. The van der Waals surface area contributed by atoms with Crippen LogP contribution < -0.4 is 0 Å². The minimum absolute atomic E-state index is 0.142. The molecule has 0 aliphatic carbocycles. The Morgan fingerprint density at radius 1 is 1.44 bits per heavy atom. The van der Waals surface area contributed by atoms with E-state index in [9.17, 15) is 4.79 Å². The van der Waals surface area contributed by atoms with Gasteiger partial charge in [-0.05, 0) is 25.8 Å². The van der Waals surface area contributed by atoms with E-state index in [1.165, 1.54) is 5.69 Å². The van der Waals surface area contributed by atoms with Crippen molar-refractivity contribution < 1.29 is 4.79 Å². The summed E-state index contributed by atoms with van der Waals surface area (Å²) in [5.41, 5.74) is 2.31. The quantitative estimate of drug-likeness (QED) is 0.741. The van der Waals surface area contributed by atoms with Crippen LogP contribution in [0.2, 0.25) is 0 Å². The van der Waals surface area contributed by atoms with Crippen LogP contribution in [0.25, 0.3) is 0 Å². The Bertz CT molecular complexity index is 353. The highest BCUT2D eigenvalue weighted by atomic mass is 16.1. The molecule has 0 aliphatic heterocycles. The largest absolute Gasteiger partial charge is 0.299 e. The van der Waals surface area contributed by atoms with Crippen molar-refractivity contribution in [2.24, 2.45) is 5.92 Å². The predicted octanol–water partition coefficient (Wildman–Crippen LogP) is 2.62. The molecule has 0 amide bonds. The van der Waals surface area contributed by atoms with Crippen LogP contribution in [-0.2, 0) is 24.2 Å². The molecule has 3 heteroatoms. The Morgan fingerprint density at radius 3 is 2.62 bits per heavy atom. The number of aromatic nitrogens is 2. The van der Waals surface area contributed by atoms with Crippen molar-refractivity contribution in [3.8, 4) is 0 Å². The van der Waals surface area contributed by atoms with Gasteiger partial charge in [0.1, 0.15) is 5.78 Å². The molecule has 3 nitrogen and oxygen atoms in total. The summed E-state index contributed by atoms with van der Waals surface area (Å²) in [6.45, 7) is 8.98. The molecule has 1 rings (SSSR count). The average Bonchev–Trinajstić information content (AvgIpc) is 2.68. The van der Waals surface area contributed by atoms with E-state index in [1.807, 2.05) is 18.5 Å². The Kier molecular flexibility index (Phi) is 4.71. The van der Waals surface area contributed by atoms with Crippen molar-refractivity contribution in [2.75, 3.05) is 0 Å².